The Morgan fingerprint density at radius 1 is 1.32 bits per heavy atom. The standard InChI is InChI=1S/C13H22N6/c1-13(2,3)12-10(6-14-17-12)7-18(4)8-11-16-15-9-19(11)5/h6,9H,7-8H2,1-5H3,(H,14,17). The number of hydrogen-bond acceptors (Lipinski definition) is 4. The molecule has 104 valence electrons. The fraction of sp³-hybridized carbons (Fsp3) is 0.615. The summed E-state index contributed by atoms with van der Waals surface area (Å²) in [6.45, 7) is 8.17. The number of aromatic nitrogens is 5. The molecular formula is C13H22N6. The maximum Gasteiger partial charge on any atom is 0.146 e. The number of aryl methyl sites for hydroxylation is 1. The number of H-pyrrole nitrogens is 1. The summed E-state index contributed by atoms with van der Waals surface area (Å²) in [4.78, 5) is 2.21. The molecule has 6 nitrogen and oxygen atoms in total. The largest absolute Gasteiger partial charge is 0.320 e. The van der Waals surface area contributed by atoms with Crippen LogP contribution in [0, 0.1) is 0 Å². The van der Waals surface area contributed by atoms with Crippen molar-refractivity contribution in [3.8, 4) is 0 Å². The van der Waals surface area contributed by atoms with E-state index in [0.717, 1.165) is 18.9 Å². The fourth-order valence-corrected chi connectivity index (χ4v) is 2.12. The zero-order valence-electron chi connectivity index (χ0n) is 12.3. The van der Waals surface area contributed by atoms with Gasteiger partial charge in [0.05, 0.1) is 12.7 Å². The van der Waals surface area contributed by atoms with Crippen molar-refractivity contribution in [1.29, 1.82) is 0 Å². The molecule has 2 heterocycles. The van der Waals surface area contributed by atoms with Gasteiger partial charge in [0.25, 0.3) is 0 Å². The Kier molecular flexibility index (Phi) is 3.71. The molecule has 6 heteroatoms. The van der Waals surface area contributed by atoms with Crippen molar-refractivity contribution in [2.75, 3.05) is 7.05 Å². The van der Waals surface area contributed by atoms with Gasteiger partial charge in [0.15, 0.2) is 0 Å². The Labute approximate surface area is 113 Å². The molecule has 0 aliphatic carbocycles. The quantitative estimate of drug-likeness (QED) is 0.906. The Morgan fingerprint density at radius 3 is 2.63 bits per heavy atom. The summed E-state index contributed by atoms with van der Waals surface area (Å²) in [5.74, 6) is 0.961. The van der Waals surface area contributed by atoms with Crippen LogP contribution in [0.1, 0.15) is 37.9 Å². The van der Waals surface area contributed by atoms with Crippen molar-refractivity contribution < 1.29 is 0 Å². The van der Waals surface area contributed by atoms with E-state index in [9.17, 15) is 0 Å². The molecule has 0 bridgehead atoms. The maximum absolute atomic E-state index is 4.17. The Hall–Kier alpha value is -1.69. The topological polar surface area (TPSA) is 62.6 Å². The van der Waals surface area contributed by atoms with Gasteiger partial charge in [-0.15, -0.1) is 10.2 Å². The molecule has 0 spiro atoms. The van der Waals surface area contributed by atoms with Crippen LogP contribution in [0.25, 0.3) is 0 Å². The molecule has 0 amide bonds. The molecule has 0 atom stereocenters. The monoisotopic (exact) mass is 262 g/mol. The number of nitrogens with zero attached hydrogens (tertiary/aromatic N) is 5. The third-order valence-corrected chi connectivity index (χ3v) is 3.12. The average Bonchev–Trinajstić information content (AvgIpc) is 2.88. The first-order valence-corrected chi connectivity index (χ1v) is 6.42. The van der Waals surface area contributed by atoms with Gasteiger partial charge in [0.1, 0.15) is 12.2 Å². The van der Waals surface area contributed by atoms with Crippen LogP contribution in [0.5, 0.6) is 0 Å². The molecule has 1 N–H and O–H groups in total. The van der Waals surface area contributed by atoms with Crippen molar-refractivity contribution in [3.63, 3.8) is 0 Å². The molecule has 0 saturated heterocycles. The molecule has 0 radical (unpaired) electrons. The molecular weight excluding hydrogens is 240 g/mol. The van der Waals surface area contributed by atoms with Gasteiger partial charge in [-0.3, -0.25) is 10.00 Å². The second-order valence-electron chi connectivity index (χ2n) is 6.05. The van der Waals surface area contributed by atoms with Gasteiger partial charge in [-0.2, -0.15) is 5.10 Å². The van der Waals surface area contributed by atoms with Crippen molar-refractivity contribution in [1.82, 2.24) is 29.9 Å². The van der Waals surface area contributed by atoms with E-state index >= 15 is 0 Å². The highest BCUT2D eigenvalue weighted by Crippen LogP contribution is 2.24. The number of hydrogen-bond donors (Lipinski definition) is 1. The van der Waals surface area contributed by atoms with E-state index in [1.54, 1.807) is 6.33 Å². The highest BCUT2D eigenvalue weighted by atomic mass is 15.3. The van der Waals surface area contributed by atoms with Crippen LogP contribution in [0.3, 0.4) is 0 Å². The van der Waals surface area contributed by atoms with E-state index in [1.165, 1.54) is 11.3 Å². The first-order valence-electron chi connectivity index (χ1n) is 6.42. The minimum absolute atomic E-state index is 0.0808. The van der Waals surface area contributed by atoms with E-state index in [2.05, 4.69) is 53.1 Å². The molecule has 0 aromatic carbocycles. The Morgan fingerprint density at radius 2 is 2.05 bits per heavy atom. The van der Waals surface area contributed by atoms with E-state index in [4.69, 9.17) is 0 Å². The molecule has 0 fully saturated rings. The van der Waals surface area contributed by atoms with Crippen LogP contribution in [0.4, 0.5) is 0 Å². The van der Waals surface area contributed by atoms with E-state index in [1.807, 2.05) is 17.8 Å². The zero-order chi connectivity index (χ0) is 14.0. The number of rotatable bonds is 4. The summed E-state index contributed by atoms with van der Waals surface area (Å²) >= 11 is 0. The lowest BCUT2D eigenvalue weighted by Gasteiger charge is -2.21. The van der Waals surface area contributed by atoms with Gasteiger partial charge in [0, 0.05) is 30.3 Å². The minimum Gasteiger partial charge on any atom is -0.320 e. The summed E-state index contributed by atoms with van der Waals surface area (Å²) in [6.07, 6.45) is 3.63. The molecule has 0 unspecified atom stereocenters. The van der Waals surface area contributed by atoms with Crippen LogP contribution in [-0.2, 0) is 25.6 Å². The molecule has 2 aromatic heterocycles. The average molecular weight is 262 g/mol. The van der Waals surface area contributed by atoms with Gasteiger partial charge < -0.3 is 4.57 Å². The van der Waals surface area contributed by atoms with Crippen LogP contribution in [-0.4, -0.2) is 36.9 Å². The number of aromatic amines is 1. The van der Waals surface area contributed by atoms with Crippen molar-refractivity contribution in [2.45, 2.75) is 39.3 Å². The van der Waals surface area contributed by atoms with Crippen LogP contribution >= 0.6 is 0 Å². The van der Waals surface area contributed by atoms with E-state index in [-0.39, 0.29) is 5.41 Å². The van der Waals surface area contributed by atoms with Crippen LogP contribution < -0.4 is 0 Å². The highest BCUT2D eigenvalue weighted by molar-refractivity contribution is 5.23. The van der Waals surface area contributed by atoms with Crippen molar-refractivity contribution >= 4 is 0 Å². The van der Waals surface area contributed by atoms with E-state index < -0.39 is 0 Å². The predicted octanol–water partition coefficient (Wildman–Crippen LogP) is 1.47. The summed E-state index contributed by atoms with van der Waals surface area (Å²) in [7, 11) is 4.04. The van der Waals surface area contributed by atoms with Gasteiger partial charge in [-0.25, -0.2) is 0 Å². The first kappa shape index (κ1) is 13.7. The van der Waals surface area contributed by atoms with Gasteiger partial charge in [0.2, 0.25) is 0 Å². The van der Waals surface area contributed by atoms with E-state index in [0.29, 0.717) is 0 Å². The van der Waals surface area contributed by atoms with Gasteiger partial charge in [-0.05, 0) is 7.05 Å². The lowest BCUT2D eigenvalue weighted by Crippen LogP contribution is -2.22. The normalized spacial score (nSPS) is 12.3. The molecule has 0 aliphatic rings. The lowest BCUT2D eigenvalue weighted by atomic mass is 9.89. The molecule has 0 saturated carbocycles. The number of nitrogens with one attached hydrogen (secondary N) is 1. The summed E-state index contributed by atoms with van der Waals surface area (Å²) in [5, 5.41) is 15.3. The van der Waals surface area contributed by atoms with Crippen molar-refractivity contribution in [2.24, 2.45) is 7.05 Å². The Balaban J connectivity index is 2.06. The second-order valence-corrected chi connectivity index (χ2v) is 6.05. The fourth-order valence-electron chi connectivity index (χ4n) is 2.12. The summed E-state index contributed by atoms with van der Waals surface area (Å²) < 4.78 is 1.94. The molecule has 19 heavy (non-hydrogen) atoms. The second kappa shape index (κ2) is 5.13. The molecule has 2 rings (SSSR count). The maximum atomic E-state index is 4.17. The first-order chi connectivity index (χ1) is 8.88. The molecule has 2 aromatic rings. The lowest BCUT2D eigenvalue weighted by molar-refractivity contribution is 0.304. The summed E-state index contributed by atoms with van der Waals surface area (Å²) in [6, 6.07) is 0. The third kappa shape index (κ3) is 3.20. The van der Waals surface area contributed by atoms with Gasteiger partial charge in [-0.1, -0.05) is 20.8 Å². The van der Waals surface area contributed by atoms with Crippen LogP contribution in [0.15, 0.2) is 12.5 Å². The summed E-state index contributed by atoms with van der Waals surface area (Å²) in [5.41, 5.74) is 2.51. The van der Waals surface area contributed by atoms with Gasteiger partial charge >= 0.3 is 0 Å². The SMILES string of the molecule is CN(Cc1cn[nH]c1C(C)(C)C)Cc1nncn1C. The van der Waals surface area contributed by atoms with Crippen molar-refractivity contribution in [3.05, 3.63) is 29.6 Å². The predicted molar refractivity (Wildman–Crippen MR) is 73.5 cm³/mol. The molecule has 0 aliphatic heterocycles. The Bertz CT molecular complexity index is 533. The third-order valence-electron chi connectivity index (χ3n) is 3.12. The minimum atomic E-state index is 0.0808. The zero-order valence-corrected chi connectivity index (χ0v) is 12.3. The highest BCUT2D eigenvalue weighted by Gasteiger charge is 2.20. The smallest absolute Gasteiger partial charge is 0.146 e. The van der Waals surface area contributed by atoms with Crippen LogP contribution in [0.2, 0.25) is 0 Å².